The van der Waals surface area contributed by atoms with Crippen LogP contribution in [0.15, 0.2) is 48.9 Å². The number of benzene rings is 2. The summed E-state index contributed by atoms with van der Waals surface area (Å²) >= 11 is 6.02. The molecule has 34 heavy (non-hydrogen) atoms. The van der Waals surface area contributed by atoms with E-state index in [0.717, 1.165) is 40.5 Å². The summed E-state index contributed by atoms with van der Waals surface area (Å²) in [5.74, 6) is -0.0363. The van der Waals surface area contributed by atoms with Crippen molar-refractivity contribution in [1.82, 2.24) is 19.9 Å². The minimum Gasteiger partial charge on any atom is -0.361 e. The van der Waals surface area contributed by atoms with Crippen LogP contribution in [0.1, 0.15) is 40.0 Å². The number of aryl methyl sites for hydroxylation is 1. The van der Waals surface area contributed by atoms with E-state index in [9.17, 15) is 9.18 Å². The van der Waals surface area contributed by atoms with Crippen molar-refractivity contribution in [3.63, 3.8) is 0 Å². The van der Waals surface area contributed by atoms with Gasteiger partial charge in [0, 0.05) is 48.1 Å². The van der Waals surface area contributed by atoms with Crippen molar-refractivity contribution in [1.29, 1.82) is 0 Å². The van der Waals surface area contributed by atoms with Gasteiger partial charge in [0.1, 0.15) is 11.5 Å². The summed E-state index contributed by atoms with van der Waals surface area (Å²) in [4.78, 5) is 27.8. The van der Waals surface area contributed by atoms with Gasteiger partial charge < -0.3 is 9.88 Å². The molecule has 7 heteroatoms. The van der Waals surface area contributed by atoms with Crippen LogP contribution in [0.5, 0.6) is 0 Å². The summed E-state index contributed by atoms with van der Waals surface area (Å²) in [5.41, 5.74) is 5.85. The molecule has 1 aliphatic carbocycles. The number of rotatable bonds is 7. The Kier molecular flexibility index (Phi) is 6.09. The van der Waals surface area contributed by atoms with E-state index >= 15 is 0 Å². The number of fused-ring (bicyclic) bond motifs is 1. The highest BCUT2D eigenvalue weighted by atomic mass is 35.5. The molecule has 0 saturated heterocycles. The van der Waals surface area contributed by atoms with Crippen molar-refractivity contribution in [3.05, 3.63) is 82.1 Å². The quantitative estimate of drug-likeness (QED) is 0.349. The molecule has 1 saturated carbocycles. The molecule has 0 aliphatic heterocycles. The molecule has 1 fully saturated rings. The van der Waals surface area contributed by atoms with Gasteiger partial charge in [0.05, 0.1) is 5.02 Å². The zero-order valence-corrected chi connectivity index (χ0v) is 20.0. The van der Waals surface area contributed by atoms with Crippen molar-refractivity contribution in [3.8, 4) is 11.3 Å². The summed E-state index contributed by atoms with van der Waals surface area (Å²) in [6.07, 6.45) is 7.97. The van der Waals surface area contributed by atoms with Crippen molar-refractivity contribution in [2.75, 3.05) is 13.1 Å². The lowest BCUT2D eigenvalue weighted by atomic mass is 9.99. The van der Waals surface area contributed by atoms with Crippen LogP contribution in [0, 0.1) is 25.6 Å². The maximum Gasteiger partial charge on any atom is 0.274 e. The Balaban J connectivity index is 1.44. The lowest BCUT2D eigenvalue weighted by molar-refractivity contribution is 0.0744. The number of hydrogen-bond acceptors (Lipinski definition) is 3. The SMILES string of the molecule is Cc1cccc(-c2nccnc2C(=O)N(CCc2c[nH]c3cc(F)c(Cl)cc23)CC2CC2)c1C. The molecule has 5 nitrogen and oxygen atoms in total. The van der Waals surface area contributed by atoms with E-state index in [4.69, 9.17) is 11.6 Å². The molecule has 1 amide bonds. The Morgan fingerprint density at radius 1 is 1.21 bits per heavy atom. The minimum atomic E-state index is -0.449. The maximum absolute atomic E-state index is 13.8. The highest BCUT2D eigenvalue weighted by molar-refractivity contribution is 6.31. The van der Waals surface area contributed by atoms with Crippen LogP contribution < -0.4 is 0 Å². The maximum atomic E-state index is 13.8. The van der Waals surface area contributed by atoms with E-state index in [1.54, 1.807) is 18.5 Å². The number of nitrogens with zero attached hydrogens (tertiary/aromatic N) is 3. The fraction of sp³-hybridized carbons (Fsp3) is 0.296. The van der Waals surface area contributed by atoms with Crippen molar-refractivity contribution in [2.24, 2.45) is 5.92 Å². The Morgan fingerprint density at radius 3 is 2.79 bits per heavy atom. The van der Waals surface area contributed by atoms with Gasteiger partial charge in [0.15, 0.2) is 5.69 Å². The second-order valence-corrected chi connectivity index (χ2v) is 9.48. The van der Waals surface area contributed by atoms with E-state index in [1.165, 1.54) is 6.07 Å². The third kappa shape index (κ3) is 4.42. The van der Waals surface area contributed by atoms with Gasteiger partial charge >= 0.3 is 0 Å². The van der Waals surface area contributed by atoms with Crippen LogP contribution in [-0.2, 0) is 6.42 Å². The molecule has 0 bridgehead atoms. The molecule has 0 unspecified atom stereocenters. The molecular formula is C27H26ClFN4O. The van der Waals surface area contributed by atoms with Gasteiger partial charge in [-0.2, -0.15) is 0 Å². The average Bonchev–Trinajstić information content (AvgIpc) is 3.58. The number of carbonyl (C=O) groups excluding carboxylic acids is 1. The van der Waals surface area contributed by atoms with Gasteiger partial charge in [0.2, 0.25) is 0 Å². The molecule has 2 heterocycles. The number of halogens is 2. The Bertz CT molecular complexity index is 1380. The summed E-state index contributed by atoms with van der Waals surface area (Å²) in [5, 5.41) is 0.970. The van der Waals surface area contributed by atoms with Crippen LogP contribution in [0.2, 0.25) is 5.02 Å². The van der Waals surface area contributed by atoms with E-state index < -0.39 is 5.82 Å². The van der Waals surface area contributed by atoms with Gasteiger partial charge in [-0.1, -0.05) is 29.8 Å². The summed E-state index contributed by atoms with van der Waals surface area (Å²) in [7, 11) is 0. The van der Waals surface area contributed by atoms with Gasteiger partial charge in [-0.05, 0) is 67.9 Å². The third-order valence-corrected chi connectivity index (χ3v) is 6.97. The number of nitrogens with one attached hydrogen (secondary N) is 1. The first-order valence-electron chi connectivity index (χ1n) is 11.5. The van der Waals surface area contributed by atoms with E-state index in [0.29, 0.717) is 42.3 Å². The fourth-order valence-corrected chi connectivity index (χ4v) is 4.54. The molecule has 2 aromatic carbocycles. The van der Waals surface area contributed by atoms with Crippen molar-refractivity contribution < 1.29 is 9.18 Å². The highest BCUT2D eigenvalue weighted by Gasteiger charge is 2.29. The molecule has 0 atom stereocenters. The van der Waals surface area contributed by atoms with Gasteiger partial charge in [0.25, 0.3) is 5.91 Å². The number of carbonyl (C=O) groups is 1. The standard InChI is InChI=1S/C27H26ClFN4O/c1-16-4-3-5-20(17(16)2)25-26(31-10-9-30-25)27(34)33(15-18-6-7-18)11-8-19-14-32-24-13-23(29)22(28)12-21(19)24/h3-5,9-10,12-14,18,32H,6-8,11,15H2,1-2H3. The lowest BCUT2D eigenvalue weighted by Gasteiger charge is -2.23. The predicted molar refractivity (Wildman–Crippen MR) is 133 cm³/mol. The molecule has 4 aromatic rings. The second kappa shape index (κ2) is 9.18. The largest absolute Gasteiger partial charge is 0.361 e. The average molecular weight is 477 g/mol. The summed E-state index contributed by atoms with van der Waals surface area (Å²) < 4.78 is 13.8. The number of hydrogen-bond donors (Lipinski definition) is 1. The summed E-state index contributed by atoms with van der Waals surface area (Å²) in [6, 6.07) is 9.07. The van der Waals surface area contributed by atoms with E-state index in [-0.39, 0.29) is 10.9 Å². The molecule has 1 N–H and O–H groups in total. The molecule has 0 radical (unpaired) electrons. The second-order valence-electron chi connectivity index (χ2n) is 9.07. The summed E-state index contributed by atoms with van der Waals surface area (Å²) in [6.45, 7) is 5.31. The monoisotopic (exact) mass is 476 g/mol. The van der Waals surface area contributed by atoms with Gasteiger partial charge in [-0.3, -0.25) is 9.78 Å². The molecule has 5 rings (SSSR count). The minimum absolute atomic E-state index is 0.0944. The number of aromatic nitrogens is 3. The Labute approximate surface area is 203 Å². The predicted octanol–water partition coefficient (Wildman–Crippen LogP) is 6.13. The first-order valence-corrected chi connectivity index (χ1v) is 11.9. The van der Waals surface area contributed by atoms with E-state index in [2.05, 4.69) is 27.9 Å². The van der Waals surface area contributed by atoms with Crippen LogP contribution in [0.3, 0.4) is 0 Å². The van der Waals surface area contributed by atoms with Gasteiger partial charge in [-0.15, -0.1) is 0 Å². The number of H-pyrrole nitrogens is 1. The normalized spacial score (nSPS) is 13.4. The zero-order valence-electron chi connectivity index (χ0n) is 19.2. The van der Waals surface area contributed by atoms with Crippen molar-refractivity contribution >= 4 is 28.4 Å². The first-order chi connectivity index (χ1) is 16.4. The lowest BCUT2D eigenvalue weighted by Crippen LogP contribution is -2.35. The van der Waals surface area contributed by atoms with Gasteiger partial charge in [-0.25, -0.2) is 9.37 Å². The smallest absolute Gasteiger partial charge is 0.274 e. The fourth-order valence-electron chi connectivity index (χ4n) is 4.37. The van der Waals surface area contributed by atoms with Crippen LogP contribution in [0.4, 0.5) is 4.39 Å². The molecule has 174 valence electrons. The van der Waals surface area contributed by atoms with Crippen LogP contribution in [-0.4, -0.2) is 38.8 Å². The Morgan fingerprint density at radius 2 is 2.00 bits per heavy atom. The van der Waals surface area contributed by atoms with Crippen LogP contribution in [0.25, 0.3) is 22.2 Å². The molecule has 0 spiro atoms. The topological polar surface area (TPSA) is 61.9 Å². The third-order valence-electron chi connectivity index (χ3n) is 6.68. The molecular weight excluding hydrogens is 451 g/mol. The molecule has 2 aromatic heterocycles. The number of aromatic amines is 1. The van der Waals surface area contributed by atoms with Crippen LogP contribution >= 0.6 is 11.6 Å². The first kappa shape index (κ1) is 22.5. The molecule has 1 aliphatic rings. The highest BCUT2D eigenvalue weighted by Crippen LogP contribution is 2.32. The Hall–Kier alpha value is -3.25. The zero-order chi connectivity index (χ0) is 23.8. The number of amides is 1. The van der Waals surface area contributed by atoms with Crippen molar-refractivity contribution in [2.45, 2.75) is 33.1 Å². The van der Waals surface area contributed by atoms with E-state index in [1.807, 2.05) is 30.2 Å².